The Labute approximate surface area is 313 Å². The number of carbonyl (C=O) groups is 1. The van der Waals surface area contributed by atoms with Gasteiger partial charge in [0, 0.05) is 6.42 Å². The van der Waals surface area contributed by atoms with E-state index in [1.807, 2.05) is 6.08 Å². The fourth-order valence-electron chi connectivity index (χ4n) is 6.96. The molecule has 3 N–H and O–H groups in total. The minimum absolute atomic E-state index is 0.0776. The molecule has 0 heterocycles. The number of aliphatic hydroxyl groups is 2. The van der Waals surface area contributed by atoms with Gasteiger partial charge in [-0.2, -0.15) is 0 Å². The molecule has 1 amide bonds. The van der Waals surface area contributed by atoms with Crippen LogP contribution in [0.1, 0.15) is 245 Å². The molecule has 0 aromatic carbocycles. The lowest BCUT2D eigenvalue weighted by Gasteiger charge is -2.19. The van der Waals surface area contributed by atoms with Crippen LogP contribution in [0.25, 0.3) is 0 Å². The summed E-state index contributed by atoms with van der Waals surface area (Å²) in [6.07, 6.45) is 54.7. The molecule has 0 bridgehead atoms. The zero-order chi connectivity index (χ0) is 36.4. The first-order chi connectivity index (χ1) is 24.7. The molecule has 0 saturated carbocycles. The lowest BCUT2D eigenvalue weighted by atomic mass is 10.0. The second kappa shape index (κ2) is 42.3. The Bertz CT molecular complexity index is 720. The van der Waals surface area contributed by atoms with Crippen LogP contribution >= 0.6 is 0 Å². The van der Waals surface area contributed by atoms with Crippen molar-refractivity contribution >= 4 is 5.91 Å². The van der Waals surface area contributed by atoms with E-state index in [0.29, 0.717) is 6.42 Å². The average molecular weight is 704 g/mol. The number of aliphatic hydroxyl groups excluding tert-OH is 2. The fraction of sp³-hybridized carbons (Fsp3) is 0.891. The maximum absolute atomic E-state index is 12.2. The number of allylic oxidation sites excluding steroid dienone is 3. The van der Waals surface area contributed by atoms with E-state index in [0.717, 1.165) is 32.1 Å². The van der Waals surface area contributed by atoms with E-state index in [4.69, 9.17) is 0 Å². The van der Waals surface area contributed by atoms with Crippen molar-refractivity contribution in [3.63, 3.8) is 0 Å². The van der Waals surface area contributed by atoms with Crippen LogP contribution in [0.3, 0.4) is 0 Å². The molecule has 0 aliphatic rings. The Morgan fingerprint density at radius 3 is 1.16 bits per heavy atom. The third-order valence-corrected chi connectivity index (χ3v) is 10.4. The molecule has 0 spiro atoms. The summed E-state index contributed by atoms with van der Waals surface area (Å²) in [4.78, 5) is 12.2. The van der Waals surface area contributed by atoms with E-state index in [2.05, 4.69) is 31.3 Å². The van der Waals surface area contributed by atoms with Gasteiger partial charge in [-0.25, -0.2) is 0 Å². The van der Waals surface area contributed by atoms with E-state index in [-0.39, 0.29) is 12.5 Å². The van der Waals surface area contributed by atoms with Crippen LogP contribution < -0.4 is 5.32 Å². The molecular weight excluding hydrogens is 615 g/mol. The van der Waals surface area contributed by atoms with Crippen LogP contribution in [0.2, 0.25) is 0 Å². The number of nitrogens with one attached hydrogen (secondary N) is 1. The molecule has 4 heteroatoms. The van der Waals surface area contributed by atoms with Crippen molar-refractivity contribution in [1.29, 1.82) is 0 Å². The number of amides is 1. The third-order valence-electron chi connectivity index (χ3n) is 10.4. The highest BCUT2D eigenvalue weighted by atomic mass is 16.3. The smallest absolute Gasteiger partial charge is 0.220 e. The number of rotatable bonds is 41. The van der Waals surface area contributed by atoms with Gasteiger partial charge in [-0.05, 0) is 32.1 Å². The predicted molar refractivity (Wildman–Crippen MR) is 221 cm³/mol. The van der Waals surface area contributed by atoms with Crippen LogP contribution in [0.4, 0.5) is 0 Å². The topological polar surface area (TPSA) is 69.6 Å². The summed E-state index contributed by atoms with van der Waals surface area (Å²) in [5, 5.41) is 22.9. The molecule has 0 radical (unpaired) electrons. The van der Waals surface area contributed by atoms with Crippen molar-refractivity contribution in [3.8, 4) is 0 Å². The highest BCUT2D eigenvalue weighted by Gasteiger charge is 2.17. The van der Waals surface area contributed by atoms with Crippen molar-refractivity contribution in [1.82, 2.24) is 5.32 Å². The van der Waals surface area contributed by atoms with Crippen LogP contribution in [0.5, 0.6) is 0 Å². The number of hydrogen-bond acceptors (Lipinski definition) is 3. The largest absolute Gasteiger partial charge is 0.394 e. The summed E-state index contributed by atoms with van der Waals surface area (Å²) >= 11 is 0. The molecule has 0 fully saturated rings. The first-order valence-electron chi connectivity index (χ1n) is 22.6. The SMILES string of the molecule is CCCCCCCCCCCCCCCCCCCCCCCCCC/C=C/CC/C=C/C(O)C(CO)NC(=O)CCCCCCCCCC. The van der Waals surface area contributed by atoms with Crippen molar-refractivity contribution in [2.75, 3.05) is 6.61 Å². The Morgan fingerprint density at radius 1 is 0.460 bits per heavy atom. The molecule has 50 heavy (non-hydrogen) atoms. The van der Waals surface area contributed by atoms with E-state index >= 15 is 0 Å². The highest BCUT2D eigenvalue weighted by Crippen LogP contribution is 2.16. The number of hydrogen-bond donors (Lipinski definition) is 3. The first kappa shape index (κ1) is 48.9. The average Bonchev–Trinajstić information content (AvgIpc) is 3.12. The van der Waals surface area contributed by atoms with Gasteiger partial charge < -0.3 is 15.5 Å². The molecule has 4 nitrogen and oxygen atoms in total. The van der Waals surface area contributed by atoms with Crippen LogP contribution in [0, 0.1) is 0 Å². The quantitative estimate of drug-likeness (QED) is 0.0438. The lowest BCUT2D eigenvalue weighted by Crippen LogP contribution is -2.45. The standard InChI is InChI=1S/C46H89NO3/c1-3-5-7-9-11-13-14-15-16-17-18-19-20-21-22-23-24-25-26-27-28-29-30-31-32-33-34-35-37-39-41-45(49)44(43-48)47-46(50)42-40-38-36-12-10-8-6-4-2/h33-34,39,41,44-45,48-49H,3-32,35-38,40,42-43H2,1-2H3,(H,47,50)/b34-33+,41-39+. The van der Waals surface area contributed by atoms with Crippen LogP contribution in [-0.4, -0.2) is 34.9 Å². The molecule has 2 atom stereocenters. The molecule has 296 valence electrons. The van der Waals surface area contributed by atoms with Crippen LogP contribution in [0.15, 0.2) is 24.3 Å². The fourth-order valence-corrected chi connectivity index (χ4v) is 6.96. The van der Waals surface area contributed by atoms with Gasteiger partial charge in [0.1, 0.15) is 0 Å². The summed E-state index contributed by atoms with van der Waals surface area (Å²) < 4.78 is 0. The second-order valence-electron chi connectivity index (χ2n) is 15.5. The monoisotopic (exact) mass is 704 g/mol. The van der Waals surface area contributed by atoms with Gasteiger partial charge >= 0.3 is 0 Å². The van der Waals surface area contributed by atoms with Crippen molar-refractivity contribution in [2.24, 2.45) is 0 Å². The molecule has 0 aromatic rings. The summed E-state index contributed by atoms with van der Waals surface area (Å²) in [5.41, 5.74) is 0. The van der Waals surface area contributed by atoms with E-state index in [1.54, 1.807) is 6.08 Å². The molecule has 0 aliphatic heterocycles. The zero-order valence-corrected chi connectivity index (χ0v) is 33.9. The van der Waals surface area contributed by atoms with Gasteiger partial charge in [-0.15, -0.1) is 0 Å². The van der Waals surface area contributed by atoms with Crippen molar-refractivity contribution in [3.05, 3.63) is 24.3 Å². The predicted octanol–water partition coefficient (Wildman–Crippen LogP) is 14.0. The second-order valence-corrected chi connectivity index (χ2v) is 15.5. The van der Waals surface area contributed by atoms with E-state index in [1.165, 1.54) is 193 Å². The van der Waals surface area contributed by atoms with Crippen LogP contribution in [-0.2, 0) is 4.79 Å². The summed E-state index contributed by atoms with van der Waals surface area (Å²) in [5.74, 6) is -0.0776. The molecule has 0 aromatic heterocycles. The van der Waals surface area contributed by atoms with Crippen molar-refractivity contribution < 1.29 is 15.0 Å². The minimum Gasteiger partial charge on any atom is -0.394 e. The molecule has 2 unspecified atom stereocenters. The van der Waals surface area contributed by atoms with Gasteiger partial charge in [0.25, 0.3) is 0 Å². The number of unbranched alkanes of at least 4 members (excludes halogenated alkanes) is 32. The Hall–Kier alpha value is -1.13. The van der Waals surface area contributed by atoms with Gasteiger partial charge in [-0.3, -0.25) is 4.79 Å². The minimum atomic E-state index is -0.856. The summed E-state index contributed by atoms with van der Waals surface area (Å²) in [6.45, 7) is 4.27. The first-order valence-corrected chi connectivity index (χ1v) is 22.6. The normalized spacial score (nSPS) is 13.1. The van der Waals surface area contributed by atoms with E-state index in [9.17, 15) is 15.0 Å². The maximum atomic E-state index is 12.2. The summed E-state index contributed by atoms with van der Waals surface area (Å²) in [7, 11) is 0. The highest BCUT2D eigenvalue weighted by molar-refractivity contribution is 5.76. The zero-order valence-electron chi connectivity index (χ0n) is 33.9. The Kier molecular flexibility index (Phi) is 41.3. The molecule has 0 saturated heterocycles. The Balaban J connectivity index is 3.45. The van der Waals surface area contributed by atoms with Gasteiger partial charge in [-0.1, -0.05) is 231 Å². The number of carbonyl (C=O) groups excluding carboxylic acids is 1. The molecule has 0 rings (SSSR count). The molecule has 0 aliphatic carbocycles. The maximum Gasteiger partial charge on any atom is 0.220 e. The van der Waals surface area contributed by atoms with Gasteiger partial charge in [0.2, 0.25) is 5.91 Å². The third kappa shape index (κ3) is 38.1. The summed E-state index contributed by atoms with van der Waals surface area (Å²) in [6, 6.07) is -0.632. The van der Waals surface area contributed by atoms with Gasteiger partial charge in [0.15, 0.2) is 0 Å². The molecular formula is C46H89NO3. The van der Waals surface area contributed by atoms with Crippen molar-refractivity contribution in [2.45, 2.75) is 257 Å². The van der Waals surface area contributed by atoms with Gasteiger partial charge in [0.05, 0.1) is 18.8 Å². The van der Waals surface area contributed by atoms with E-state index < -0.39 is 12.1 Å². The Morgan fingerprint density at radius 2 is 0.780 bits per heavy atom. The lowest BCUT2D eigenvalue weighted by molar-refractivity contribution is -0.123.